The molecule has 0 radical (unpaired) electrons. The average Bonchev–Trinajstić information content (AvgIpc) is 3.37. The first-order valence-electron chi connectivity index (χ1n) is 11.3. The van der Waals surface area contributed by atoms with Crippen molar-refractivity contribution in [2.24, 2.45) is 0 Å². The number of nitro groups is 1. The Morgan fingerprint density at radius 3 is 2.27 bits per heavy atom. The standard InChI is InChI=1S/C24H27FN4O4/c25-21-16-18(4-3-15-30)5-7-23(21)27-11-13-28(14-12-27)24(31)20-17-19(29(32)33)6-8-22(20)26-9-1-2-10-26/h5-8,15-17H,1-4,9-14H2. The van der Waals surface area contributed by atoms with Crippen LogP contribution in [0.25, 0.3) is 0 Å². The number of amides is 1. The van der Waals surface area contributed by atoms with Crippen LogP contribution >= 0.6 is 0 Å². The van der Waals surface area contributed by atoms with E-state index in [1.165, 1.54) is 18.2 Å². The Hall–Kier alpha value is -3.49. The summed E-state index contributed by atoms with van der Waals surface area (Å²) in [7, 11) is 0. The van der Waals surface area contributed by atoms with Crippen molar-refractivity contribution in [1.82, 2.24) is 4.90 Å². The number of nitro benzene ring substituents is 1. The monoisotopic (exact) mass is 454 g/mol. The molecule has 0 aliphatic carbocycles. The third kappa shape index (κ3) is 4.97. The maximum absolute atomic E-state index is 14.6. The number of non-ortho nitro benzene ring substituents is 1. The van der Waals surface area contributed by atoms with E-state index in [4.69, 9.17) is 0 Å². The van der Waals surface area contributed by atoms with E-state index in [1.807, 2.05) is 11.0 Å². The molecule has 2 saturated heterocycles. The fourth-order valence-electron chi connectivity index (χ4n) is 4.55. The second kappa shape index (κ2) is 9.97. The summed E-state index contributed by atoms with van der Waals surface area (Å²) in [6.45, 7) is 3.37. The lowest BCUT2D eigenvalue weighted by atomic mass is 10.1. The van der Waals surface area contributed by atoms with E-state index >= 15 is 0 Å². The third-order valence-electron chi connectivity index (χ3n) is 6.34. The lowest BCUT2D eigenvalue weighted by Gasteiger charge is -2.37. The Kier molecular flexibility index (Phi) is 6.86. The van der Waals surface area contributed by atoms with E-state index in [9.17, 15) is 24.1 Å². The zero-order valence-electron chi connectivity index (χ0n) is 18.4. The third-order valence-corrected chi connectivity index (χ3v) is 6.34. The number of aldehydes is 1. The van der Waals surface area contributed by atoms with Gasteiger partial charge in [-0.2, -0.15) is 0 Å². The molecule has 2 heterocycles. The van der Waals surface area contributed by atoms with Gasteiger partial charge in [0.2, 0.25) is 0 Å². The number of anilines is 2. The van der Waals surface area contributed by atoms with Crippen LogP contribution in [0, 0.1) is 15.9 Å². The molecule has 2 aliphatic rings. The van der Waals surface area contributed by atoms with E-state index in [0.717, 1.165) is 43.5 Å². The highest BCUT2D eigenvalue weighted by Gasteiger charge is 2.28. The van der Waals surface area contributed by atoms with Crippen LogP contribution in [0.4, 0.5) is 21.5 Å². The predicted molar refractivity (Wildman–Crippen MR) is 123 cm³/mol. The van der Waals surface area contributed by atoms with E-state index in [2.05, 4.69) is 4.90 Å². The molecule has 0 spiro atoms. The SMILES string of the molecule is O=CCCc1ccc(N2CCN(C(=O)c3cc([N+](=O)[O-])ccc3N3CCCC3)CC2)c(F)c1. The maximum Gasteiger partial charge on any atom is 0.270 e. The van der Waals surface area contributed by atoms with Crippen LogP contribution in [0.2, 0.25) is 0 Å². The molecular weight excluding hydrogens is 427 g/mol. The Labute approximate surface area is 191 Å². The number of piperazine rings is 1. The zero-order chi connectivity index (χ0) is 23.4. The molecule has 8 nitrogen and oxygen atoms in total. The molecule has 174 valence electrons. The highest BCUT2D eigenvalue weighted by molar-refractivity contribution is 6.00. The van der Waals surface area contributed by atoms with Crippen molar-refractivity contribution < 1.29 is 18.9 Å². The molecule has 0 saturated carbocycles. The summed E-state index contributed by atoms with van der Waals surface area (Å²) < 4.78 is 14.6. The van der Waals surface area contributed by atoms with Crippen molar-refractivity contribution in [2.75, 3.05) is 49.1 Å². The maximum atomic E-state index is 14.6. The quantitative estimate of drug-likeness (QED) is 0.362. The van der Waals surface area contributed by atoms with Crippen LogP contribution in [0.15, 0.2) is 36.4 Å². The smallest absolute Gasteiger partial charge is 0.270 e. The molecule has 0 N–H and O–H groups in total. The Morgan fingerprint density at radius 2 is 1.64 bits per heavy atom. The highest BCUT2D eigenvalue weighted by Crippen LogP contribution is 2.30. The minimum atomic E-state index is -0.482. The second-order valence-electron chi connectivity index (χ2n) is 8.42. The summed E-state index contributed by atoms with van der Waals surface area (Å²) in [6.07, 6.45) is 3.74. The van der Waals surface area contributed by atoms with Crippen molar-refractivity contribution in [3.8, 4) is 0 Å². The molecule has 1 amide bonds. The molecule has 9 heteroatoms. The van der Waals surface area contributed by atoms with Gasteiger partial charge in [0.25, 0.3) is 11.6 Å². The predicted octanol–water partition coefficient (Wildman–Crippen LogP) is 3.43. The van der Waals surface area contributed by atoms with E-state index in [-0.39, 0.29) is 17.4 Å². The number of hydrogen-bond acceptors (Lipinski definition) is 6. The Balaban J connectivity index is 1.48. The number of aryl methyl sites for hydroxylation is 1. The van der Waals surface area contributed by atoms with Gasteiger partial charge in [0, 0.05) is 57.8 Å². The molecule has 2 aromatic rings. The van der Waals surface area contributed by atoms with Crippen LogP contribution in [-0.4, -0.2) is 61.3 Å². The van der Waals surface area contributed by atoms with Gasteiger partial charge >= 0.3 is 0 Å². The van der Waals surface area contributed by atoms with Gasteiger partial charge in [0.05, 0.1) is 21.9 Å². The lowest BCUT2D eigenvalue weighted by molar-refractivity contribution is -0.384. The van der Waals surface area contributed by atoms with E-state index in [0.29, 0.717) is 50.3 Å². The van der Waals surface area contributed by atoms with Gasteiger partial charge in [-0.1, -0.05) is 6.07 Å². The number of benzene rings is 2. The molecule has 2 aromatic carbocycles. The topological polar surface area (TPSA) is 87.0 Å². The molecule has 2 aliphatic heterocycles. The van der Waals surface area contributed by atoms with Crippen molar-refractivity contribution in [2.45, 2.75) is 25.7 Å². The normalized spacial score (nSPS) is 16.2. The van der Waals surface area contributed by atoms with Gasteiger partial charge in [0.15, 0.2) is 0 Å². The minimum absolute atomic E-state index is 0.100. The average molecular weight is 455 g/mol. The molecule has 0 aromatic heterocycles. The number of carbonyl (C=O) groups is 2. The van der Waals surface area contributed by atoms with Crippen molar-refractivity contribution >= 4 is 29.3 Å². The van der Waals surface area contributed by atoms with Crippen molar-refractivity contribution in [3.63, 3.8) is 0 Å². The number of rotatable bonds is 7. The highest BCUT2D eigenvalue weighted by atomic mass is 19.1. The minimum Gasteiger partial charge on any atom is -0.371 e. The van der Waals surface area contributed by atoms with Gasteiger partial charge in [-0.15, -0.1) is 0 Å². The van der Waals surface area contributed by atoms with Gasteiger partial charge < -0.3 is 19.5 Å². The van der Waals surface area contributed by atoms with Gasteiger partial charge in [-0.3, -0.25) is 14.9 Å². The molecular formula is C24H27FN4O4. The molecule has 4 rings (SSSR count). The summed E-state index contributed by atoms with van der Waals surface area (Å²) in [4.78, 5) is 40.4. The molecule has 0 atom stereocenters. The van der Waals surface area contributed by atoms with E-state index in [1.54, 1.807) is 17.0 Å². The van der Waals surface area contributed by atoms with Crippen LogP contribution < -0.4 is 9.80 Å². The number of nitrogens with zero attached hydrogens (tertiary/aromatic N) is 4. The summed E-state index contributed by atoms with van der Waals surface area (Å²) >= 11 is 0. The summed E-state index contributed by atoms with van der Waals surface area (Å²) in [6, 6.07) is 9.50. The summed E-state index contributed by atoms with van der Waals surface area (Å²) in [5.74, 6) is -0.571. The lowest BCUT2D eigenvalue weighted by Crippen LogP contribution is -2.49. The summed E-state index contributed by atoms with van der Waals surface area (Å²) in [5.41, 5.74) is 2.24. The van der Waals surface area contributed by atoms with Crippen molar-refractivity contribution in [3.05, 3.63) is 63.5 Å². The van der Waals surface area contributed by atoms with E-state index < -0.39 is 4.92 Å². The van der Waals surface area contributed by atoms with Crippen LogP contribution in [0.5, 0.6) is 0 Å². The number of carbonyl (C=O) groups excluding carboxylic acids is 2. The number of halogens is 1. The van der Waals surface area contributed by atoms with Crippen molar-refractivity contribution in [1.29, 1.82) is 0 Å². The first-order valence-corrected chi connectivity index (χ1v) is 11.3. The molecule has 33 heavy (non-hydrogen) atoms. The Morgan fingerprint density at radius 1 is 0.970 bits per heavy atom. The van der Waals surface area contributed by atoms with Gasteiger partial charge in [-0.05, 0) is 43.0 Å². The number of hydrogen-bond donors (Lipinski definition) is 0. The largest absolute Gasteiger partial charge is 0.371 e. The van der Waals surface area contributed by atoms with Crippen LogP contribution in [0.1, 0.15) is 35.2 Å². The summed E-state index contributed by atoms with van der Waals surface area (Å²) in [5, 5.41) is 11.3. The zero-order valence-corrected chi connectivity index (χ0v) is 18.4. The fourth-order valence-corrected chi connectivity index (χ4v) is 4.55. The molecule has 0 bridgehead atoms. The second-order valence-corrected chi connectivity index (χ2v) is 8.42. The van der Waals surface area contributed by atoms with Gasteiger partial charge in [-0.25, -0.2) is 4.39 Å². The Bertz CT molecular complexity index is 1050. The van der Waals surface area contributed by atoms with Crippen LogP contribution in [-0.2, 0) is 11.2 Å². The van der Waals surface area contributed by atoms with Crippen LogP contribution in [0.3, 0.4) is 0 Å². The first-order chi connectivity index (χ1) is 16.0. The first kappa shape index (κ1) is 22.7. The fraction of sp³-hybridized carbons (Fsp3) is 0.417. The molecule has 2 fully saturated rings. The van der Waals surface area contributed by atoms with Gasteiger partial charge in [0.1, 0.15) is 12.1 Å². The molecule has 0 unspecified atom stereocenters.